The molecule has 0 fully saturated rings. The van der Waals surface area contributed by atoms with Crippen molar-refractivity contribution in [2.24, 2.45) is 0 Å². The van der Waals surface area contributed by atoms with Crippen molar-refractivity contribution in [2.45, 2.75) is 39.0 Å². The topological polar surface area (TPSA) is 60.5 Å². The van der Waals surface area contributed by atoms with E-state index in [1.807, 2.05) is 48.5 Å². The first-order chi connectivity index (χ1) is 13.7. The molecule has 3 aromatic rings. The fraction of sp³-hybridized carbons (Fsp3) is 0.364. The molecular formula is C22H26N2O3S. The quantitative estimate of drug-likeness (QED) is 0.423. The van der Waals surface area contributed by atoms with Crippen LogP contribution in [0.5, 0.6) is 11.5 Å². The number of fused-ring (bicyclic) bond motifs is 1. The number of aromatic nitrogens is 1. The van der Waals surface area contributed by atoms with E-state index in [2.05, 4.69) is 17.2 Å². The molecule has 1 heterocycles. The highest BCUT2D eigenvalue weighted by Gasteiger charge is 2.08. The summed E-state index contributed by atoms with van der Waals surface area (Å²) in [5.41, 5.74) is 0.878. The van der Waals surface area contributed by atoms with Gasteiger partial charge < -0.3 is 9.47 Å². The lowest BCUT2D eigenvalue weighted by molar-refractivity contribution is -0.118. The highest BCUT2D eigenvalue weighted by molar-refractivity contribution is 7.22. The van der Waals surface area contributed by atoms with E-state index in [0.29, 0.717) is 17.5 Å². The maximum Gasteiger partial charge on any atom is 0.264 e. The Hall–Kier alpha value is -2.60. The fourth-order valence-corrected chi connectivity index (χ4v) is 3.66. The van der Waals surface area contributed by atoms with E-state index < -0.39 is 0 Å². The van der Waals surface area contributed by atoms with Gasteiger partial charge in [0, 0.05) is 6.07 Å². The van der Waals surface area contributed by atoms with Gasteiger partial charge in [0.25, 0.3) is 5.91 Å². The highest BCUT2D eigenvalue weighted by Crippen LogP contribution is 2.25. The standard InChI is InChI=1S/C22H26N2O3S/c1-2-3-4-5-8-14-26-17-10-9-11-18(15-17)27-16-21(25)24-22-23-19-12-6-7-13-20(19)28-22/h6-7,9-13,15H,2-5,8,14,16H2,1H3,(H,23,24,25). The number of rotatable bonds is 11. The molecule has 3 rings (SSSR count). The molecule has 1 aromatic heterocycles. The van der Waals surface area contributed by atoms with Crippen LogP contribution in [0.2, 0.25) is 0 Å². The fourth-order valence-electron chi connectivity index (χ4n) is 2.78. The number of nitrogens with one attached hydrogen (secondary N) is 1. The zero-order chi connectivity index (χ0) is 19.6. The van der Waals surface area contributed by atoms with Crippen molar-refractivity contribution in [3.63, 3.8) is 0 Å². The molecule has 0 saturated carbocycles. The van der Waals surface area contributed by atoms with Gasteiger partial charge in [0.1, 0.15) is 11.5 Å². The van der Waals surface area contributed by atoms with Crippen LogP contribution in [0.4, 0.5) is 5.13 Å². The van der Waals surface area contributed by atoms with Crippen LogP contribution in [0.3, 0.4) is 0 Å². The van der Waals surface area contributed by atoms with Crippen molar-refractivity contribution in [3.05, 3.63) is 48.5 Å². The van der Waals surface area contributed by atoms with E-state index >= 15 is 0 Å². The lowest BCUT2D eigenvalue weighted by Crippen LogP contribution is -2.20. The number of para-hydroxylation sites is 1. The predicted molar refractivity (Wildman–Crippen MR) is 114 cm³/mol. The average molecular weight is 399 g/mol. The lowest BCUT2D eigenvalue weighted by Gasteiger charge is -2.09. The number of thiazole rings is 1. The summed E-state index contributed by atoms with van der Waals surface area (Å²) in [7, 11) is 0. The van der Waals surface area contributed by atoms with Gasteiger partial charge in [0.05, 0.1) is 16.8 Å². The molecule has 0 radical (unpaired) electrons. The van der Waals surface area contributed by atoms with Crippen LogP contribution in [-0.4, -0.2) is 24.1 Å². The molecule has 0 spiro atoms. The maximum absolute atomic E-state index is 12.1. The van der Waals surface area contributed by atoms with Crippen LogP contribution < -0.4 is 14.8 Å². The Morgan fingerprint density at radius 3 is 2.61 bits per heavy atom. The van der Waals surface area contributed by atoms with Crippen LogP contribution in [0.25, 0.3) is 10.2 Å². The third kappa shape index (κ3) is 6.23. The zero-order valence-corrected chi connectivity index (χ0v) is 17.0. The van der Waals surface area contributed by atoms with Crippen molar-refractivity contribution in [1.82, 2.24) is 4.98 Å². The maximum atomic E-state index is 12.1. The van der Waals surface area contributed by atoms with E-state index in [0.717, 1.165) is 22.4 Å². The molecule has 5 nitrogen and oxygen atoms in total. The molecule has 148 valence electrons. The summed E-state index contributed by atoms with van der Waals surface area (Å²) in [6.07, 6.45) is 6.02. The molecule has 0 saturated heterocycles. The second-order valence-corrected chi connectivity index (χ2v) is 7.59. The van der Waals surface area contributed by atoms with E-state index in [4.69, 9.17) is 9.47 Å². The van der Waals surface area contributed by atoms with E-state index in [-0.39, 0.29) is 12.5 Å². The molecule has 0 atom stereocenters. The molecule has 1 N–H and O–H groups in total. The van der Waals surface area contributed by atoms with Crippen LogP contribution in [0, 0.1) is 0 Å². The third-order valence-electron chi connectivity index (χ3n) is 4.23. The normalized spacial score (nSPS) is 10.8. The Kier molecular flexibility index (Phi) is 7.67. The molecule has 28 heavy (non-hydrogen) atoms. The van der Waals surface area contributed by atoms with Crippen LogP contribution in [0.15, 0.2) is 48.5 Å². The SMILES string of the molecule is CCCCCCCOc1cccc(OCC(=O)Nc2nc3ccccc3s2)c1. The second kappa shape index (κ2) is 10.7. The number of ether oxygens (including phenoxy) is 2. The number of hydrogen-bond acceptors (Lipinski definition) is 5. The largest absolute Gasteiger partial charge is 0.493 e. The summed E-state index contributed by atoms with van der Waals surface area (Å²) in [6, 6.07) is 15.2. The third-order valence-corrected chi connectivity index (χ3v) is 5.18. The Balaban J connectivity index is 1.43. The molecule has 0 aliphatic rings. The van der Waals surface area contributed by atoms with E-state index in [9.17, 15) is 4.79 Å². The summed E-state index contributed by atoms with van der Waals surface area (Å²) in [4.78, 5) is 16.5. The van der Waals surface area contributed by atoms with E-state index in [1.54, 1.807) is 0 Å². The Morgan fingerprint density at radius 1 is 1.00 bits per heavy atom. The first kappa shape index (κ1) is 20.1. The molecule has 6 heteroatoms. The molecule has 1 amide bonds. The number of hydrogen-bond donors (Lipinski definition) is 1. The van der Waals surface area contributed by atoms with Crippen LogP contribution in [-0.2, 0) is 4.79 Å². The summed E-state index contributed by atoms with van der Waals surface area (Å²) in [6.45, 7) is 2.84. The van der Waals surface area contributed by atoms with Gasteiger partial charge in [-0.05, 0) is 30.7 Å². The van der Waals surface area contributed by atoms with Crippen LogP contribution in [0.1, 0.15) is 39.0 Å². The van der Waals surface area contributed by atoms with Crippen molar-refractivity contribution in [3.8, 4) is 11.5 Å². The van der Waals surface area contributed by atoms with Gasteiger partial charge in [-0.2, -0.15) is 0 Å². The summed E-state index contributed by atoms with van der Waals surface area (Å²) in [5, 5.41) is 3.37. The Labute approximate surface area is 169 Å². The van der Waals surface area contributed by atoms with Crippen molar-refractivity contribution in [2.75, 3.05) is 18.5 Å². The molecule has 0 aliphatic carbocycles. The molecule has 0 aliphatic heterocycles. The first-order valence-corrected chi connectivity index (χ1v) is 10.6. The van der Waals surface area contributed by atoms with Crippen molar-refractivity contribution in [1.29, 1.82) is 0 Å². The van der Waals surface area contributed by atoms with Gasteiger partial charge in [-0.15, -0.1) is 0 Å². The molecule has 0 bridgehead atoms. The first-order valence-electron chi connectivity index (χ1n) is 9.75. The van der Waals surface area contributed by atoms with Gasteiger partial charge in [0.2, 0.25) is 0 Å². The number of amides is 1. The van der Waals surface area contributed by atoms with Gasteiger partial charge in [-0.25, -0.2) is 4.98 Å². The van der Waals surface area contributed by atoms with Gasteiger partial charge in [-0.3, -0.25) is 10.1 Å². The summed E-state index contributed by atoms with van der Waals surface area (Å²) < 4.78 is 12.4. The summed E-state index contributed by atoms with van der Waals surface area (Å²) >= 11 is 1.45. The number of anilines is 1. The minimum absolute atomic E-state index is 0.0730. The number of nitrogens with zero attached hydrogens (tertiary/aromatic N) is 1. The minimum atomic E-state index is -0.235. The number of carbonyl (C=O) groups excluding carboxylic acids is 1. The average Bonchev–Trinajstić information content (AvgIpc) is 3.11. The minimum Gasteiger partial charge on any atom is -0.493 e. The molecule has 0 unspecified atom stereocenters. The second-order valence-electron chi connectivity index (χ2n) is 6.56. The Bertz CT molecular complexity index is 861. The number of benzene rings is 2. The monoisotopic (exact) mass is 398 g/mol. The van der Waals surface area contributed by atoms with Crippen LogP contribution >= 0.6 is 11.3 Å². The molecular weight excluding hydrogens is 372 g/mol. The molecule has 2 aromatic carbocycles. The van der Waals surface area contributed by atoms with Gasteiger partial charge in [0.15, 0.2) is 11.7 Å². The van der Waals surface area contributed by atoms with Crippen molar-refractivity contribution < 1.29 is 14.3 Å². The zero-order valence-electron chi connectivity index (χ0n) is 16.1. The van der Waals surface area contributed by atoms with Crippen molar-refractivity contribution >= 4 is 32.6 Å². The lowest BCUT2D eigenvalue weighted by atomic mass is 10.2. The van der Waals surface area contributed by atoms with Gasteiger partial charge in [-0.1, -0.05) is 62.1 Å². The highest BCUT2D eigenvalue weighted by atomic mass is 32.1. The number of carbonyl (C=O) groups is 1. The van der Waals surface area contributed by atoms with E-state index in [1.165, 1.54) is 37.0 Å². The smallest absolute Gasteiger partial charge is 0.264 e. The Morgan fingerprint density at radius 2 is 1.79 bits per heavy atom. The predicted octanol–water partition coefficient (Wildman–Crippen LogP) is 5.66. The number of unbranched alkanes of at least 4 members (excludes halogenated alkanes) is 4. The van der Waals surface area contributed by atoms with Gasteiger partial charge >= 0.3 is 0 Å². The summed E-state index contributed by atoms with van der Waals surface area (Å²) in [5.74, 6) is 1.14.